The van der Waals surface area contributed by atoms with Crippen LogP contribution in [0.15, 0.2) is 59.9 Å². The molecule has 28 heavy (non-hydrogen) atoms. The minimum Gasteiger partial charge on any atom is -0.400 e. The first-order chi connectivity index (χ1) is 13.7. The molecule has 1 unspecified atom stereocenters. The first-order valence-corrected chi connectivity index (χ1v) is 10.2. The molecule has 2 aromatic heterocycles. The molecule has 0 bridgehead atoms. The Labute approximate surface area is 166 Å². The van der Waals surface area contributed by atoms with Crippen LogP contribution in [0.25, 0.3) is 5.65 Å². The third-order valence-corrected chi connectivity index (χ3v) is 6.04. The number of hydrogen-bond acceptors (Lipinski definition) is 4. The number of nitrogens with zero attached hydrogens (tertiary/aromatic N) is 3. The van der Waals surface area contributed by atoms with Gasteiger partial charge in [-0.1, -0.05) is 12.1 Å². The molecule has 0 aliphatic carbocycles. The number of carbonyl (C=O) groups is 1. The molecule has 1 aliphatic rings. The van der Waals surface area contributed by atoms with E-state index >= 15 is 0 Å². The van der Waals surface area contributed by atoms with Crippen LogP contribution in [0.2, 0.25) is 0 Å². The molecular weight excluding hydrogens is 376 g/mol. The summed E-state index contributed by atoms with van der Waals surface area (Å²) in [6.45, 7) is 2.22. The molecule has 1 saturated heterocycles. The van der Waals surface area contributed by atoms with E-state index in [0.29, 0.717) is 12.1 Å². The van der Waals surface area contributed by atoms with Crippen molar-refractivity contribution >= 4 is 22.5 Å². The van der Waals surface area contributed by atoms with Gasteiger partial charge >= 0.3 is 0 Å². The highest BCUT2D eigenvalue weighted by atomic mass is 32.2. The molecular formula is C20H24N4O3S. The van der Waals surface area contributed by atoms with Gasteiger partial charge in [-0.15, -0.1) is 0 Å². The Hall–Kier alpha value is -2.55. The standard InChI is InChI=1S/C19H20N4O2S.CH4O/c24-19(16-5-8-18-20-9-12-22(18)14-16)21-13-15-3-6-17(7-4-15)26(25)23-10-1-2-11-23;1-2/h3-9,12,14H,1-2,10-11,13H2,(H,21,24);2H,1H3. The number of amides is 1. The monoisotopic (exact) mass is 400 g/mol. The maximum Gasteiger partial charge on any atom is 0.253 e. The topological polar surface area (TPSA) is 86.9 Å². The van der Waals surface area contributed by atoms with Crippen LogP contribution in [0.3, 0.4) is 0 Å². The van der Waals surface area contributed by atoms with Gasteiger partial charge in [-0.3, -0.25) is 4.79 Å². The maximum absolute atomic E-state index is 12.5. The Kier molecular flexibility index (Phi) is 6.91. The second-order valence-electron chi connectivity index (χ2n) is 6.32. The van der Waals surface area contributed by atoms with Crippen molar-refractivity contribution in [3.63, 3.8) is 0 Å². The van der Waals surface area contributed by atoms with Crippen LogP contribution in [-0.4, -0.2) is 49.1 Å². The van der Waals surface area contributed by atoms with Crippen LogP contribution in [0.5, 0.6) is 0 Å². The molecule has 1 aliphatic heterocycles. The first-order valence-electron chi connectivity index (χ1n) is 9.12. The van der Waals surface area contributed by atoms with Crippen molar-refractivity contribution in [2.75, 3.05) is 20.2 Å². The van der Waals surface area contributed by atoms with Gasteiger partial charge in [0.1, 0.15) is 16.6 Å². The van der Waals surface area contributed by atoms with Gasteiger partial charge < -0.3 is 14.8 Å². The molecule has 3 heterocycles. The number of imidazole rings is 1. The normalized spacial score (nSPS) is 15.1. The van der Waals surface area contributed by atoms with Crippen LogP contribution < -0.4 is 5.32 Å². The Bertz CT molecular complexity index is 949. The average molecular weight is 401 g/mol. The highest BCUT2D eigenvalue weighted by Crippen LogP contribution is 2.17. The lowest BCUT2D eigenvalue weighted by atomic mass is 10.2. The molecule has 3 aromatic rings. The molecule has 4 rings (SSSR count). The van der Waals surface area contributed by atoms with Crippen molar-refractivity contribution in [3.8, 4) is 0 Å². The molecule has 148 valence electrons. The second-order valence-corrected chi connectivity index (χ2v) is 7.81. The van der Waals surface area contributed by atoms with Gasteiger partial charge in [-0.05, 0) is 42.7 Å². The number of aromatic nitrogens is 2. The van der Waals surface area contributed by atoms with E-state index in [1.54, 1.807) is 18.5 Å². The van der Waals surface area contributed by atoms with Crippen LogP contribution >= 0.6 is 0 Å². The summed E-state index contributed by atoms with van der Waals surface area (Å²) in [6, 6.07) is 11.2. The minimum absolute atomic E-state index is 0.134. The molecule has 8 heteroatoms. The summed E-state index contributed by atoms with van der Waals surface area (Å²) in [4.78, 5) is 17.3. The lowest BCUT2D eigenvalue weighted by Gasteiger charge is -2.14. The van der Waals surface area contributed by atoms with Crippen LogP contribution in [0.1, 0.15) is 28.8 Å². The Balaban J connectivity index is 0.00000109. The fourth-order valence-electron chi connectivity index (χ4n) is 3.07. The Morgan fingerprint density at radius 2 is 1.86 bits per heavy atom. The van der Waals surface area contributed by atoms with Gasteiger partial charge in [0.05, 0.1) is 10.5 Å². The molecule has 2 N–H and O–H groups in total. The molecule has 0 saturated carbocycles. The van der Waals surface area contributed by atoms with Crippen molar-refractivity contribution in [1.29, 1.82) is 0 Å². The maximum atomic E-state index is 12.5. The summed E-state index contributed by atoms with van der Waals surface area (Å²) in [7, 11) is -0.0816. The van der Waals surface area contributed by atoms with E-state index in [1.165, 1.54) is 0 Å². The number of benzene rings is 1. The summed E-state index contributed by atoms with van der Waals surface area (Å²) in [5, 5.41) is 9.92. The van der Waals surface area contributed by atoms with Crippen LogP contribution in [0.4, 0.5) is 0 Å². The van der Waals surface area contributed by atoms with Crippen molar-refractivity contribution in [2.45, 2.75) is 24.3 Å². The highest BCUT2D eigenvalue weighted by molar-refractivity contribution is 7.82. The van der Waals surface area contributed by atoms with E-state index in [-0.39, 0.29) is 5.91 Å². The largest absolute Gasteiger partial charge is 0.400 e. The van der Waals surface area contributed by atoms with E-state index in [9.17, 15) is 9.00 Å². The predicted octanol–water partition coefficient (Wildman–Crippen LogP) is 1.99. The van der Waals surface area contributed by atoms with E-state index in [1.807, 2.05) is 45.2 Å². The molecule has 1 atom stereocenters. The van der Waals surface area contributed by atoms with Gasteiger partial charge in [0.15, 0.2) is 0 Å². The number of carbonyl (C=O) groups excluding carboxylic acids is 1. The zero-order chi connectivity index (χ0) is 19.9. The number of pyridine rings is 1. The molecule has 7 nitrogen and oxygen atoms in total. The molecule has 1 fully saturated rings. The van der Waals surface area contributed by atoms with E-state index in [2.05, 4.69) is 10.3 Å². The fraction of sp³-hybridized carbons (Fsp3) is 0.300. The number of aliphatic hydroxyl groups excluding tert-OH is 1. The van der Waals surface area contributed by atoms with E-state index in [4.69, 9.17) is 5.11 Å². The minimum atomic E-state index is -1.08. The number of hydrogen-bond donors (Lipinski definition) is 2. The number of rotatable bonds is 5. The van der Waals surface area contributed by atoms with E-state index in [0.717, 1.165) is 49.1 Å². The highest BCUT2D eigenvalue weighted by Gasteiger charge is 2.19. The van der Waals surface area contributed by atoms with Crippen LogP contribution in [-0.2, 0) is 17.5 Å². The van der Waals surface area contributed by atoms with Gasteiger partial charge in [0.2, 0.25) is 0 Å². The molecule has 0 spiro atoms. The lowest BCUT2D eigenvalue weighted by Crippen LogP contribution is -2.23. The van der Waals surface area contributed by atoms with Crippen molar-refractivity contribution in [3.05, 3.63) is 66.1 Å². The SMILES string of the molecule is CO.O=C(NCc1ccc(S(=O)N2CCCC2)cc1)c1ccc2nccn2c1. The quantitative estimate of drug-likeness (QED) is 0.686. The van der Waals surface area contributed by atoms with Gasteiger partial charge in [0.25, 0.3) is 5.91 Å². The predicted molar refractivity (Wildman–Crippen MR) is 108 cm³/mol. The smallest absolute Gasteiger partial charge is 0.253 e. The van der Waals surface area contributed by atoms with Crippen molar-refractivity contribution in [2.24, 2.45) is 0 Å². The summed E-state index contributed by atoms with van der Waals surface area (Å²) < 4.78 is 16.3. The Morgan fingerprint density at radius 3 is 2.57 bits per heavy atom. The van der Waals surface area contributed by atoms with E-state index < -0.39 is 11.0 Å². The Morgan fingerprint density at radius 1 is 1.14 bits per heavy atom. The van der Waals surface area contributed by atoms with Gasteiger partial charge in [0, 0.05) is 45.3 Å². The van der Waals surface area contributed by atoms with Gasteiger partial charge in [-0.2, -0.15) is 0 Å². The average Bonchev–Trinajstić information content (AvgIpc) is 3.44. The number of nitrogens with one attached hydrogen (secondary N) is 1. The summed E-state index contributed by atoms with van der Waals surface area (Å²) in [5.41, 5.74) is 2.37. The second kappa shape index (κ2) is 9.59. The zero-order valence-corrected chi connectivity index (χ0v) is 16.6. The number of fused-ring (bicyclic) bond motifs is 1. The summed E-state index contributed by atoms with van der Waals surface area (Å²) in [5.74, 6) is -0.134. The van der Waals surface area contributed by atoms with Crippen LogP contribution in [0, 0.1) is 0 Å². The molecule has 1 aromatic carbocycles. The molecule has 1 amide bonds. The third kappa shape index (κ3) is 4.64. The van der Waals surface area contributed by atoms with Gasteiger partial charge in [-0.25, -0.2) is 13.5 Å². The summed E-state index contributed by atoms with van der Waals surface area (Å²) in [6.07, 6.45) is 7.50. The third-order valence-electron chi connectivity index (χ3n) is 4.53. The van der Waals surface area contributed by atoms with Crippen molar-refractivity contribution in [1.82, 2.24) is 19.0 Å². The first kappa shape index (κ1) is 20.2. The molecule has 0 radical (unpaired) electrons. The zero-order valence-electron chi connectivity index (χ0n) is 15.7. The summed E-state index contributed by atoms with van der Waals surface area (Å²) >= 11 is 0. The lowest BCUT2D eigenvalue weighted by molar-refractivity contribution is 0.0950. The van der Waals surface area contributed by atoms with Crippen molar-refractivity contribution < 1.29 is 14.1 Å². The fourth-order valence-corrected chi connectivity index (χ4v) is 4.32. The number of aliphatic hydroxyl groups is 1.